The lowest BCUT2D eigenvalue weighted by Gasteiger charge is -2.33. The summed E-state index contributed by atoms with van der Waals surface area (Å²) in [6.45, 7) is 0. The molecular weight excluding hydrogens is 318 g/mol. The minimum absolute atomic E-state index is 0.0932. The van der Waals surface area contributed by atoms with Crippen molar-refractivity contribution in [1.82, 2.24) is 5.32 Å². The molecule has 8 heteroatoms. The van der Waals surface area contributed by atoms with E-state index in [0.717, 1.165) is 18.2 Å². The minimum Gasteiger partial charge on any atom is -0.481 e. The molecule has 1 aromatic rings. The van der Waals surface area contributed by atoms with Gasteiger partial charge in [0.15, 0.2) is 0 Å². The molecule has 1 amide bonds. The topological polar surface area (TPSA) is 66.4 Å². The normalized spacial score (nSPS) is 21.0. The van der Waals surface area contributed by atoms with Crippen LogP contribution >= 0.6 is 0 Å². The highest BCUT2D eigenvalue weighted by Gasteiger charge is 2.41. The van der Waals surface area contributed by atoms with Crippen molar-refractivity contribution in [3.8, 4) is 0 Å². The molecule has 1 fully saturated rings. The fourth-order valence-electron chi connectivity index (χ4n) is 2.17. The maximum absolute atomic E-state index is 13.7. The van der Waals surface area contributed by atoms with Crippen LogP contribution in [-0.4, -0.2) is 28.9 Å². The maximum Gasteiger partial charge on any atom is 0.343 e. The van der Waals surface area contributed by atoms with Gasteiger partial charge in [-0.3, -0.25) is 9.59 Å². The van der Waals surface area contributed by atoms with Gasteiger partial charge in [-0.15, -0.1) is 0 Å². The fraction of sp³-hybridized carbons (Fsp3) is 0.333. The van der Waals surface area contributed by atoms with E-state index in [9.17, 15) is 27.2 Å². The van der Waals surface area contributed by atoms with E-state index in [1.807, 2.05) is 5.32 Å². The van der Waals surface area contributed by atoms with Crippen LogP contribution in [0, 0.1) is 17.6 Å². The number of carboxylic acids is 1. The Morgan fingerprint density at radius 2 is 1.74 bits per heavy atom. The lowest BCUT2D eigenvalue weighted by Crippen LogP contribution is -2.51. The van der Waals surface area contributed by atoms with Crippen LogP contribution in [0.2, 0.25) is 0 Å². The lowest BCUT2D eigenvalue weighted by molar-refractivity contribution is -0.148. The molecule has 0 aromatic heterocycles. The van der Waals surface area contributed by atoms with Gasteiger partial charge in [0, 0.05) is 12.1 Å². The standard InChI is InChI=1S/C15H13F4NO3/c16-10-3-8(4-11(17)7-10)1-2-15(18,19)14(23)20-12-5-9(6-12)13(21)22/h1-4,7,9,12H,5-6H2,(H,20,23)(H,21,22)/b2-1+. The Balaban J connectivity index is 1.96. The van der Waals surface area contributed by atoms with E-state index >= 15 is 0 Å². The second kappa shape index (κ2) is 6.39. The van der Waals surface area contributed by atoms with Crippen LogP contribution in [0.25, 0.3) is 6.08 Å². The van der Waals surface area contributed by atoms with Crippen LogP contribution in [0.3, 0.4) is 0 Å². The van der Waals surface area contributed by atoms with Crippen LogP contribution in [0.15, 0.2) is 24.3 Å². The second-order valence-electron chi connectivity index (χ2n) is 5.34. The molecule has 1 aliphatic rings. The van der Waals surface area contributed by atoms with E-state index in [4.69, 9.17) is 5.11 Å². The molecule has 124 valence electrons. The largest absolute Gasteiger partial charge is 0.481 e. The van der Waals surface area contributed by atoms with Gasteiger partial charge in [0.1, 0.15) is 11.6 Å². The molecule has 23 heavy (non-hydrogen) atoms. The number of alkyl halides is 2. The molecule has 1 aliphatic carbocycles. The van der Waals surface area contributed by atoms with E-state index in [1.165, 1.54) is 0 Å². The first-order valence-electron chi connectivity index (χ1n) is 6.74. The molecule has 2 rings (SSSR count). The number of carbonyl (C=O) groups is 2. The number of carboxylic acid groups (broad SMARTS) is 1. The van der Waals surface area contributed by atoms with Gasteiger partial charge in [-0.1, -0.05) is 6.08 Å². The summed E-state index contributed by atoms with van der Waals surface area (Å²) in [7, 11) is 0. The van der Waals surface area contributed by atoms with E-state index in [-0.39, 0.29) is 24.5 Å². The SMILES string of the molecule is O=C(O)C1CC(NC(=O)C(F)(F)/C=C/c2cc(F)cc(F)c2)C1. The Morgan fingerprint density at radius 1 is 1.17 bits per heavy atom. The first kappa shape index (κ1) is 17.0. The zero-order chi connectivity index (χ0) is 17.2. The Bertz CT molecular complexity index is 634. The number of benzene rings is 1. The number of hydrogen-bond donors (Lipinski definition) is 2. The molecule has 4 nitrogen and oxygen atoms in total. The molecule has 0 radical (unpaired) electrons. The highest BCUT2D eigenvalue weighted by Crippen LogP contribution is 2.28. The van der Waals surface area contributed by atoms with Crippen molar-refractivity contribution in [3.05, 3.63) is 41.5 Å². The van der Waals surface area contributed by atoms with Crippen LogP contribution < -0.4 is 5.32 Å². The monoisotopic (exact) mass is 331 g/mol. The zero-order valence-electron chi connectivity index (χ0n) is 11.7. The molecule has 2 N–H and O–H groups in total. The van der Waals surface area contributed by atoms with Gasteiger partial charge in [-0.05, 0) is 36.6 Å². The molecule has 0 atom stereocenters. The van der Waals surface area contributed by atoms with Crippen molar-refractivity contribution in [2.75, 3.05) is 0 Å². The van der Waals surface area contributed by atoms with Crippen LogP contribution in [0.1, 0.15) is 18.4 Å². The van der Waals surface area contributed by atoms with Crippen molar-refractivity contribution in [2.24, 2.45) is 5.92 Å². The first-order valence-corrected chi connectivity index (χ1v) is 6.74. The summed E-state index contributed by atoms with van der Waals surface area (Å²) in [5.74, 6) is -8.98. The molecule has 0 aliphatic heterocycles. The predicted molar refractivity (Wildman–Crippen MR) is 72.6 cm³/mol. The van der Waals surface area contributed by atoms with Crippen molar-refractivity contribution >= 4 is 18.0 Å². The molecule has 1 aromatic carbocycles. The van der Waals surface area contributed by atoms with E-state index in [2.05, 4.69) is 0 Å². The number of rotatable bonds is 5. The number of nitrogens with one attached hydrogen (secondary N) is 1. The molecule has 0 heterocycles. The zero-order valence-corrected chi connectivity index (χ0v) is 11.7. The molecule has 1 saturated carbocycles. The highest BCUT2D eigenvalue weighted by atomic mass is 19.3. The third-order valence-electron chi connectivity index (χ3n) is 3.50. The van der Waals surface area contributed by atoms with Crippen molar-refractivity contribution < 1.29 is 32.3 Å². The molecule has 0 saturated heterocycles. The van der Waals surface area contributed by atoms with Gasteiger partial charge in [0.05, 0.1) is 5.92 Å². The van der Waals surface area contributed by atoms with E-state index < -0.39 is 41.4 Å². The summed E-state index contributed by atoms with van der Waals surface area (Å²) < 4.78 is 53.2. The summed E-state index contributed by atoms with van der Waals surface area (Å²) in [4.78, 5) is 22.1. The molecule has 0 spiro atoms. The van der Waals surface area contributed by atoms with E-state index in [0.29, 0.717) is 6.07 Å². The number of amides is 1. The van der Waals surface area contributed by atoms with Gasteiger partial charge in [-0.2, -0.15) is 8.78 Å². The summed E-state index contributed by atoms with van der Waals surface area (Å²) in [5, 5.41) is 10.7. The van der Waals surface area contributed by atoms with Gasteiger partial charge in [0.2, 0.25) is 0 Å². The summed E-state index contributed by atoms with van der Waals surface area (Å²) in [5.41, 5.74) is -0.149. The summed E-state index contributed by atoms with van der Waals surface area (Å²) in [6, 6.07) is 1.67. The average molecular weight is 331 g/mol. The quantitative estimate of drug-likeness (QED) is 0.815. The van der Waals surface area contributed by atoms with Crippen molar-refractivity contribution in [3.63, 3.8) is 0 Å². The molecule has 0 unspecified atom stereocenters. The minimum atomic E-state index is -3.88. The number of hydrogen-bond acceptors (Lipinski definition) is 2. The van der Waals surface area contributed by atoms with Gasteiger partial charge in [-0.25, -0.2) is 8.78 Å². The van der Waals surface area contributed by atoms with Crippen molar-refractivity contribution in [1.29, 1.82) is 0 Å². The average Bonchev–Trinajstić information content (AvgIpc) is 2.38. The van der Waals surface area contributed by atoms with E-state index in [1.54, 1.807) is 0 Å². The van der Waals surface area contributed by atoms with Gasteiger partial charge < -0.3 is 10.4 Å². The number of halogens is 4. The predicted octanol–water partition coefficient (Wildman–Crippen LogP) is 2.59. The fourth-order valence-corrected chi connectivity index (χ4v) is 2.17. The smallest absolute Gasteiger partial charge is 0.343 e. The molecule has 0 bridgehead atoms. The molecular formula is C15H13F4NO3. The first-order chi connectivity index (χ1) is 10.7. The third-order valence-corrected chi connectivity index (χ3v) is 3.50. The maximum atomic E-state index is 13.7. The van der Waals surface area contributed by atoms with Gasteiger partial charge >= 0.3 is 11.9 Å². The Kier molecular flexibility index (Phi) is 4.72. The summed E-state index contributed by atoms with van der Waals surface area (Å²) in [6.07, 6.45) is 1.17. The van der Waals surface area contributed by atoms with Crippen LogP contribution in [0.4, 0.5) is 17.6 Å². The number of aliphatic carboxylic acids is 1. The summed E-state index contributed by atoms with van der Waals surface area (Å²) >= 11 is 0. The Morgan fingerprint density at radius 3 is 2.26 bits per heavy atom. The third kappa shape index (κ3) is 4.30. The highest BCUT2D eigenvalue weighted by molar-refractivity contribution is 5.87. The lowest BCUT2D eigenvalue weighted by atomic mass is 9.80. The van der Waals surface area contributed by atoms with Crippen LogP contribution in [0.5, 0.6) is 0 Å². The second-order valence-corrected chi connectivity index (χ2v) is 5.34. The number of carbonyl (C=O) groups excluding carboxylic acids is 1. The van der Waals surface area contributed by atoms with Crippen molar-refractivity contribution in [2.45, 2.75) is 24.8 Å². The Labute approximate surface area is 128 Å². The van der Waals surface area contributed by atoms with Gasteiger partial charge in [0.25, 0.3) is 5.91 Å². The van der Waals surface area contributed by atoms with Crippen LogP contribution in [-0.2, 0) is 9.59 Å². The Hall–Kier alpha value is -2.38.